The third-order valence-electron chi connectivity index (χ3n) is 6.28. The van der Waals surface area contributed by atoms with E-state index in [0.29, 0.717) is 23.3 Å². The Morgan fingerprint density at radius 1 is 1.12 bits per heavy atom. The van der Waals surface area contributed by atoms with Crippen LogP contribution >= 0.6 is 11.6 Å². The summed E-state index contributed by atoms with van der Waals surface area (Å²) in [6, 6.07) is 8.86. The van der Waals surface area contributed by atoms with Crippen LogP contribution in [0.4, 0.5) is 0 Å². The third-order valence-corrected chi connectivity index (χ3v) is 6.63. The fraction of sp³-hybridized carbons (Fsp3) is 0.714. The second-order valence-electron chi connectivity index (χ2n) is 8.49. The maximum absolute atomic E-state index is 6.50. The van der Waals surface area contributed by atoms with Gasteiger partial charge in [-0.3, -0.25) is 0 Å². The fourth-order valence-corrected chi connectivity index (χ4v) is 4.77. The summed E-state index contributed by atoms with van der Waals surface area (Å²) in [5.41, 5.74) is 1.55. The number of halogens is 1. The Morgan fingerprint density at radius 2 is 1.79 bits per heavy atom. The molecule has 1 aromatic rings. The number of hydrogen-bond acceptors (Lipinski definition) is 2. The highest BCUT2D eigenvalue weighted by Gasteiger charge is 2.45. The van der Waals surface area contributed by atoms with Gasteiger partial charge in [-0.1, -0.05) is 43.6 Å². The van der Waals surface area contributed by atoms with Crippen LogP contribution in [0.1, 0.15) is 58.6 Å². The molecule has 2 aliphatic heterocycles. The number of hydrogen-bond donors (Lipinski definition) is 0. The molecule has 3 rings (SSSR count). The lowest BCUT2D eigenvalue weighted by molar-refractivity contribution is -0.132. The molecule has 0 unspecified atom stereocenters. The lowest BCUT2D eigenvalue weighted by atomic mass is 9.66. The normalized spacial score (nSPS) is 28.0. The van der Waals surface area contributed by atoms with Gasteiger partial charge in [0.1, 0.15) is 0 Å². The number of rotatable bonds is 3. The van der Waals surface area contributed by atoms with Crippen molar-refractivity contribution in [2.75, 3.05) is 19.7 Å². The molecule has 2 saturated heterocycles. The van der Waals surface area contributed by atoms with Crippen molar-refractivity contribution in [3.63, 3.8) is 0 Å². The van der Waals surface area contributed by atoms with Crippen LogP contribution in [-0.4, -0.2) is 30.6 Å². The van der Waals surface area contributed by atoms with Gasteiger partial charge in [-0.15, -0.1) is 0 Å². The number of ether oxygens (including phenoxy) is 1. The Kier molecular flexibility index (Phi) is 5.58. The summed E-state index contributed by atoms with van der Waals surface area (Å²) in [7, 11) is 0. The first-order valence-electron chi connectivity index (χ1n) is 9.52. The van der Waals surface area contributed by atoms with E-state index >= 15 is 0 Å². The minimum absolute atomic E-state index is 0.146. The summed E-state index contributed by atoms with van der Waals surface area (Å²) in [6.45, 7) is 12.6. The summed E-state index contributed by atoms with van der Waals surface area (Å²) in [4.78, 5) is 2.61. The molecule has 0 radical (unpaired) electrons. The van der Waals surface area contributed by atoms with E-state index in [9.17, 15) is 0 Å². The summed E-state index contributed by atoms with van der Waals surface area (Å²) < 4.78 is 6.50. The van der Waals surface area contributed by atoms with Gasteiger partial charge >= 0.3 is 0 Å². The molecule has 0 saturated carbocycles. The monoisotopic (exact) mass is 349 g/mol. The molecular weight excluding hydrogens is 318 g/mol. The Labute approximate surface area is 152 Å². The van der Waals surface area contributed by atoms with Crippen LogP contribution in [0.15, 0.2) is 24.3 Å². The van der Waals surface area contributed by atoms with Crippen molar-refractivity contribution in [1.82, 2.24) is 4.90 Å². The molecule has 3 heteroatoms. The molecule has 2 heterocycles. The van der Waals surface area contributed by atoms with Crippen molar-refractivity contribution >= 4 is 11.6 Å². The standard InChI is InChI=1S/C21H32ClNO/c1-15(2)18-13-21(9-11-23(12-10-21)16(3)4)14-24-20(18)17-7-5-6-8-19(17)22/h5-8,15-16,18,20H,9-14H2,1-4H3/t18-,20-/m1/s1. The van der Waals surface area contributed by atoms with Gasteiger partial charge < -0.3 is 9.64 Å². The zero-order valence-corrected chi connectivity index (χ0v) is 16.4. The first-order chi connectivity index (χ1) is 11.4. The summed E-state index contributed by atoms with van der Waals surface area (Å²) in [6.07, 6.45) is 3.95. The van der Waals surface area contributed by atoms with Crippen molar-refractivity contribution in [3.05, 3.63) is 34.9 Å². The highest BCUT2D eigenvalue weighted by atomic mass is 35.5. The molecule has 2 nitrogen and oxygen atoms in total. The number of piperidine rings is 1. The molecule has 0 bridgehead atoms. The van der Waals surface area contributed by atoms with E-state index in [1.807, 2.05) is 12.1 Å². The van der Waals surface area contributed by atoms with Crippen LogP contribution in [0.25, 0.3) is 0 Å². The van der Waals surface area contributed by atoms with Gasteiger partial charge in [-0.25, -0.2) is 0 Å². The van der Waals surface area contributed by atoms with Crippen LogP contribution < -0.4 is 0 Å². The average molecular weight is 350 g/mol. The fourth-order valence-electron chi connectivity index (χ4n) is 4.53. The minimum atomic E-state index is 0.146. The average Bonchev–Trinajstić information content (AvgIpc) is 2.56. The van der Waals surface area contributed by atoms with Crippen molar-refractivity contribution in [1.29, 1.82) is 0 Å². The van der Waals surface area contributed by atoms with Crippen LogP contribution in [-0.2, 0) is 4.74 Å². The number of likely N-dealkylation sites (tertiary alicyclic amines) is 1. The third kappa shape index (κ3) is 3.66. The minimum Gasteiger partial charge on any atom is -0.373 e. The quantitative estimate of drug-likeness (QED) is 0.707. The van der Waals surface area contributed by atoms with Gasteiger partial charge in [-0.2, -0.15) is 0 Å². The van der Waals surface area contributed by atoms with Crippen molar-refractivity contribution < 1.29 is 4.74 Å². The van der Waals surface area contributed by atoms with E-state index in [2.05, 4.69) is 44.7 Å². The van der Waals surface area contributed by atoms with Gasteiger partial charge in [0.15, 0.2) is 0 Å². The zero-order valence-electron chi connectivity index (χ0n) is 15.6. The molecule has 1 spiro atoms. The van der Waals surface area contributed by atoms with E-state index < -0.39 is 0 Å². The van der Waals surface area contributed by atoms with E-state index in [4.69, 9.17) is 16.3 Å². The first kappa shape index (κ1) is 18.2. The molecule has 2 fully saturated rings. The van der Waals surface area contributed by atoms with Gasteiger partial charge in [0.2, 0.25) is 0 Å². The predicted octanol–water partition coefficient (Wildman–Crippen LogP) is 5.56. The van der Waals surface area contributed by atoms with E-state index in [1.54, 1.807) is 0 Å². The number of nitrogens with zero attached hydrogens (tertiary/aromatic N) is 1. The van der Waals surface area contributed by atoms with Gasteiger partial charge in [0.05, 0.1) is 12.7 Å². The molecule has 0 aliphatic carbocycles. The zero-order chi connectivity index (χ0) is 17.3. The van der Waals surface area contributed by atoms with E-state index in [0.717, 1.165) is 11.6 Å². The van der Waals surface area contributed by atoms with Crippen LogP contribution in [0.5, 0.6) is 0 Å². The lowest BCUT2D eigenvalue weighted by Gasteiger charge is -2.50. The van der Waals surface area contributed by atoms with Crippen LogP contribution in [0.3, 0.4) is 0 Å². The summed E-state index contributed by atoms with van der Waals surface area (Å²) in [5.74, 6) is 1.15. The van der Waals surface area contributed by atoms with E-state index in [-0.39, 0.29) is 6.10 Å². The molecule has 2 aliphatic rings. The molecule has 0 amide bonds. The molecular formula is C21H32ClNO. The molecule has 0 aromatic heterocycles. The van der Waals surface area contributed by atoms with Crippen molar-refractivity contribution in [3.8, 4) is 0 Å². The Bertz CT molecular complexity index is 549. The Morgan fingerprint density at radius 3 is 2.38 bits per heavy atom. The van der Waals surface area contributed by atoms with Crippen LogP contribution in [0, 0.1) is 17.3 Å². The second-order valence-corrected chi connectivity index (χ2v) is 8.90. The van der Waals surface area contributed by atoms with Gasteiger partial charge in [0.25, 0.3) is 0 Å². The molecule has 134 valence electrons. The highest BCUT2D eigenvalue weighted by molar-refractivity contribution is 6.31. The predicted molar refractivity (Wildman–Crippen MR) is 101 cm³/mol. The summed E-state index contributed by atoms with van der Waals surface area (Å²) >= 11 is 6.47. The number of benzene rings is 1. The second kappa shape index (κ2) is 7.35. The van der Waals surface area contributed by atoms with Crippen LogP contribution in [0.2, 0.25) is 5.02 Å². The maximum atomic E-state index is 6.50. The Hall–Kier alpha value is -0.570. The van der Waals surface area contributed by atoms with Crippen molar-refractivity contribution in [2.45, 2.75) is 59.1 Å². The van der Waals surface area contributed by atoms with Gasteiger partial charge in [0, 0.05) is 11.1 Å². The SMILES string of the molecule is CC(C)[C@H]1CC2(CCN(C(C)C)CC2)CO[C@@H]1c1ccccc1Cl. The maximum Gasteiger partial charge on any atom is 0.0870 e. The smallest absolute Gasteiger partial charge is 0.0870 e. The topological polar surface area (TPSA) is 12.5 Å². The summed E-state index contributed by atoms with van der Waals surface area (Å²) in [5, 5.41) is 0.846. The lowest BCUT2D eigenvalue weighted by Crippen LogP contribution is -2.49. The highest BCUT2D eigenvalue weighted by Crippen LogP contribution is 2.50. The molecule has 2 atom stereocenters. The molecule has 24 heavy (non-hydrogen) atoms. The van der Waals surface area contributed by atoms with Crippen molar-refractivity contribution in [2.24, 2.45) is 17.3 Å². The Balaban J connectivity index is 1.76. The largest absolute Gasteiger partial charge is 0.373 e. The van der Waals surface area contributed by atoms with Gasteiger partial charge in [-0.05, 0) is 75.1 Å². The van der Waals surface area contributed by atoms with E-state index in [1.165, 1.54) is 37.9 Å². The first-order valence-corrected chi connectivity index (χ1v) is 9.90. The molecule has 0 N–H and O–H groups in total. The molecule has 1 aromatic carbocycles.